The molecule has 0 radical (unpaired) electrons. The van der Waals surface area contributed by atoms with Crippen LogP contribution < -0.4 is 5.32 Å². The van der Waals surface area contributed by atoms with Crippen molar-refractivity contribution in [3.8, 4) is 0 Å². The number of aromatic nitrogens is 3. The SMILES string of the molecule is Cc1nn(C)c2ncc(NC(=O)Cc3cccs3)cc12. The third-order valence-electron chi connectivity index (χ3n) is 3.06. The maximum Gasteiger partial charge on any atom is 0.229 e. The Balaban J connectivity index is 1.80. The molecule has 0 atom stereocenters. The average Bonchev–Trinajstić information content (AvgIpc) is 2.99. The molecule has 102 valence electrons. The molecule has 0 bridgehead atoms. The summed E-state index contributed by atoms with van der Waals surface area (Å²) in [5.74, 6) is -0.0323. The first-order chi connectivity index (χ1) is 9.63. The first kappa shape index (κ1) is 12.8. The van der Waals surface area contributed by atoms with E-state index < -0.39 is 0 Å². The summed E-state index contributed by atoms with van der Waals surface area (Å²) in [5, 5.41) is 10.1. The summed E-state index contributed by atoms with van der Waals surface area (Å²) in [4.78, 5) is 17.3. The monoisotopic (exact) mass is 286 g/mol. The highest BCUT2D eigenvalue weighted by Crippen LogP contribution is 2.19. The van der Waals surface area contributed by atoms with E-state index in [-0.39, 0.29) is 5.91 Å². The molecule has 0 aliphatic rings. The molecule has 3 aromatic rings. The van der Waals surface area contributed by atoms with E-state index in [9.17, 15) is 4.79 Å². The Hall–Kier alpha value is -2.21. The van der Waals surface area contributed by atoms with Gasteiger partial charge in [0.05, 0.1) is 24.0 Å². The minimum atomic E-state index is -0.0323. The van der Waals surface area contributed by atoms with Gasteiger partial charge in [0, 0.05) is 17.3 Å². The highest BCUT2D eigenvalue weighted by Gasteiger charge is 2.09. The Morgan fingerprint density at radius 2 is 2.35 bits per heavy atom. The van der Waals surface area contributed by atoms with Gasteiger partial charge in [-0.1, -0.05) is 6.07 Å². The number of anilines is 1. The highest BCUT2D eigenvalue weighted by molar-refractivity contribution is 7.10. The summed E-state index contributed by atoms with van der Waals surface area (Å²) in [5.41, 5.74) is 2.43. The number of nitrogens with one attached hydrogen (secondary N) is 1. The molecule has 1 N–H and O–H groups in total. The highest BCUT2D eigenvalue weighted by atomic mass is 32.1. The van der Waals surface area contributed by atoms with Crippen LogP contribution in [0.3, 0.4) is 0 Å². The molecule has 0 fully saturated rings. The smallest absolute Gasteiger partial charge is 0.229 e. The molecular weight excluding hydrogens is 272 g/mol. The number of aryl methyl sites for hydroxylation is 2. The lowest BCUT2D eigenvalue weighted by molar-refractivity contribution is -0.115. The van der Waals surface area contributed by atoms with Crippen LogP contribution in [0.4, 0.5) is 5.69 Å². The second-order valence-electron chi connectivity index (χ2n) is 4.61. The van der Waals surface area contributed by atoms with Crippen molar-refractivity contribution in [2.75, 3.05) is 5.32 Å². The molecular formula is C14H14N4OS. The van der Waals surface area contributed by atoms with Crippen molar-refractivity contribution in [1.29, 1.82) is 0 Å². The molecule has 0 aromatic carbocycles. The normalized spacial score (nSPS) is 10.9. The number of rotatable bonds is 3. The van der Waals surface area contributed by atoms with Crippen LogP contribution in [-0.2, 0) is 18.3 Å². The fraction of sp³-hybridized carbons (Fsp3) is 0.214. The molecule has 20 heavy (non-hydrogen) atoms. The summed E-state index contributed by atoms with van der Waals surface area (Å²) < 4.78 is 1.74. The van der Waals surface area contributed by atoms with E-state index in [0.717, 1.165) is 21.6 Å². The van der Waals surface area contributed by atoms with Crippen LogP contribution in [0.15, 0.2) is 29.8 Å². The fourth-order valence-corrected chi connectivity index (χ4v) is 2.86. The van der Waals surface area contributed by atoms with Crippen LogP contribution >= 0.6 is 11.3 Å². The van der Waals surface area contributed by atoms with Crippen LogP contribution in [0, 0.1) is 6.92 Å². The van der Waals surface area contributed by atoms with Crippen LogP contribution in [0.1, 0.15) is 10.6 Å². The summed E-state index contributed by atoms with van der Waals surface area (Å²) in [7, 11) is 1.86. The van der Waals surface area contributed by atoms with Gasteiger partial charge in [0.15, 0.2) is 5.65 Å². The molecule has 0 aliphatic carbocycles. The van der Waals surface area contributed by atoms with Crippen molar-refractivity contribution < 1.29 is 4.79 Å². The van der Waals surface area contributed by atoms with Gasteiger partial charge in [-0.2, -0.15) is 5.10 Å². The molecule has 0 aliphatic heterocycles. The second-order valence-corrected chi connectivity index (χ2v) is 5.64. The zero-order chi connectivity index (χ0) is 14.1. The number of hydrogen-bond acceptors (Lipinski definition) is 4. The number of carbonyl (C=O) groups is 1. The van der Waals surface area contributed by atoms with E-state index in [1.54, 1.807) is 22.2 Å². The van der Waals surface area contributed by atoms with Crippen molar-refractivity contribution in [2.45, 2.75) is 13.3 Å². The van der Waals surface area contributed by atoms with E-state index in [0.29, 0.717) is 12.1 Å². The molecule has 3 aromatic heterocycles. The van der Waals surface area contributed by atoms with Gasteiger partial charge in [-0.25, -0.2) is 4.98 Å². The maximum absolute atomic E-state index is 12.0. The van der Waals surface area contributed by atoms with Crippen LogP contribution in [0.2, 0.25) is 0 Å². The van der Waals surface area contributed by atoms with E-state index in [1.165, 1.54) is 0 Å². The predicted molar refractivity (Wildman–Crippen MR) is 79.9 cm³/mol. The quantitative estimate of drug-likeness (QED) is 0.805. The van der Waals surface area contributed by atoms with Crippen LogP contribution in [0.25, 0.3) is 11.0 Å². The van der Waals surface area contributed by atoms with E-state index in [4.69, 9.17) is 0 Å². The van der Waals surface area contributed by atoms with E-state index >= 15 is 0 Å². The topological polar surface area (TPSA) is 59.8 Å². The molecule has 5 nitrogen and oxygen atoms in total. The number of pyridine rings is 1. The van der Waals surface area contributed by atoms with Crippen molar-refractivity contribution in [3.05, 3.63) is 40.3 Å². The third-order valence-corrected chi connectivity index (χ3v) is 3.94. The zero-order valence-corrected chi connectivity index (χ0v) is 12.1. The number of fused-ring (bicyclic) bond motifs is 1. The van der Waals surface area contributed by atoms with Gasteiger partial charge in [-0.15, -0.1) is 11.3 Å². The summed E-state index contributed by atoms with van der Waals surface area (Å²) >= 11 is 1.58. The van der Waals surface area contributed by atoms with Gasteiger partial charge < -0.3 is 5.32 Å². The summed E-state index contributed by atoms with van der Waals surface area (Å²) in [6, 6.07) is 5.81. The van der Waals surface area contributed by atoms with Crippen molar-refractivity contribution in [3.63, 3.8) is 0 Å². The Morgan fingerprint density at radius 3 is 3.10 bits per heavy atom. The van der Waals surface area contributed by atoms with Gasteiger partial charge >= 0.3 is 0 Å². The largest absolute Gasteiger partial charge is 0.324 e. The Bertz CT molecular complexity index is 761. The second kappa shape index (κ2) is 5.05. The first-order valence-electron chi connectivity index (χ1n) is 6.25. The lowest BCUT2D eigenvalue weighted by Gasteiger charge is -2.04. The molecule has 0 spiro atoms. The van der Waals surface area contributed by atoms with Gasteiger partial charge in [-0.05, 0) is 24.4 Å². The summed E-state index contributed by atoms with van der Waals surface area (Å²) in [6.45, 7) is 1.93. The number of hydrogen-bond donors (Lipinski definition) is 1. The molecule has 0 unspecified atom stereocenters. The van der Waals surface area contributed by atoms with Crippen molar-refractivity contribution in [1.82, 2.24) is 14.8 Å². The predicted octanol–water partition coefficient (Wildman–Crippen LogP) is 2.52. The number of nitrogens with zero attached hydrogens (tertiary/aromatic N) is 3. The number of carbonyl (C=O) groups excluding carboxylic acids is 1. The summed E-state index contributed by atoms with van der Waals surface area (Å²) in [6.07, 6.45) is 2.05. The van der Waals surface area contributed by atoms with Gasteiger partial charge in [0.2, 0.25) is 5.91 Å². The minimum Gasteiger partial charge on any atom is -0.324 e. The molecule has 3 heterocycles. The van der Waals surface area contributed by atoms with Gasteiger partial charge in [0.1, 0.15) is 0 Å². The lowest BCUT2D eigenvalue weighted by atomic mass is 10.2. The molecule has 6 heteroatoms. The maximum atomic E-state index is 12.0. The third kappa shape index (κ3) is 2.42. The molecule has 1 amide bonds. The van der Waals surface area contributed by atoms with E-state index in [1.807, 2.05) is 37.6 Å². The lowest BCUT2D eigenvalue weighted by Crippen LogP contribution is -2.13. The Labute approximate surface area is 120 Å². The Morgan fingerprint density at radius 1 is 1.50 bits per heavy atom. The first-order valence-corrected chi connectivity index (χ1v) is 7.13. The minimum absolute atomic E-state index is 0.0323. The fourth-order valence-electron chi connectivity index (χ4n) is 2.15. The molecule has 0 saturated heterocycles. The van der Waals surface area contributed by atoms with Crippen molar-refractivity contribution in [2.24, 2.45) is 7.05 Å². The van der Waals surface area contributed by atoms with Crippen LogP contribution in [0.5, 0.6) is 0 Å². The number of thiophene rings is 1. The van der Waals surface area contributed by atoms with Crippen molar-refractivity contribution >= 4 is 34.0 Å². The van der Waals surface area contributed by atoms with E-state index in [2.05, 4.69) is 15.4 Å². The van der Waals surface area contributed by atoms with Gasteiger partial charge in [0.25, 0.3) is 0 Å². The Kier molecular flexibility index (Phi) is 3.23. The zero-order valence-electron chi connectivity index (χ0n) is 11.3. The van der Waals surface area contributed by atoms with Gasteiger partial charge in [-0.3, -0.25) is 9.48 Å². The molecule has 3 rings (SSSR count). The van der Waals surface area contributed by atoms with Crippen LogP contribution in [-0.4, -0.2) is 20.7 Å². The number of amides is 1. The standard InChI is InChI=1S/C14H14N4OS/c1-9-12-6-10(8-15-14(12)18(2)17-9)16-13(19)7-11-4-3-5-20-11/h3-6,8H,7H2,1-2H3,(H,16,19). The average molecular weight is 286 g/mol. The molecule has 0 saturated carbocycles.